The molecular formula is C24H27N3O4S. The van der Waals surface area contributed by atoms with Crippen molar-refractivity contribution in [3.8, 4) is 17.2 Å². The molecule has 1 amide bonds. The van der Waals surface area contributed by atoms with Crippen molar-refractivity contribution in [3.63, 3.8) is 0 Å². The SMILES string of the molecule is COc1ccc(-n2c(SCC(=O)N3CCCCC3C)nc3ccccc3c2=O)cc1OC. The van der Waals surface area contributed by atoms with E-state index in [1.807, 2.05) is 23.1 Å². The summed E-state index contributed by atoms with van der Waals surface area (Å²) in [7, 11) is 3.12. The molecule has 0 aliphatic carbocycles. The quantitative estimate of drug-likeness (QED) is 0.416. The summed E-state index contributed by atoms with van der Waals surface area (Å²) in [5.41, 5.74) is 1.02. The van der Waals surface area contributed by atoms with Gasteiger partial charge < -0.3 is 14.4 Å². The lowest BCUT2D eigenvalue weighted by molar-refractivity contribution is -0.131. The number of hydrogen-bond acceptors (Lipinski definition) is 6. The van der Waals surface area contributed by atoms with Crippen molar-refractivity contribution in [3.05, 3.63) is 52.8 Å². The van der Waals surface area contributed by atoms with Gasteiger partial charge in [0, 0.05) is 18.7 Å². The van der Waals surface area contributed by atoms with Gasteiger partial charge in [0.05, 0.1) is 36.6 Å². The van der Waals surface area contributed by atoms with Crippen LogP contribution in [0.1, 0.15) is 26.2 Å². The van der Waals surface area contributed by atoms with Crippen LogP contribution in [0.25, 0.3) is 16.6 Å². The van der Waals surface area contributed by atoms with E-state index >= 15 is 0 Å². The maximum absolute atomic E-state index is 13.4. The van der Waals surface area contributed by atoms with Crippen LogP contribution >= 0.6 is 11.8 Å². The Morgan fingerprint density at radius 1 is 1.12 bits per heavy atom. The first kappa shape index (κ1) is 22.2. The highest BCUT2D eigenvalue weighted by atomic mass is 32.2. The third kappa shape index (κ3) is 4.32. The van der Waals surface area contributed by atoms with E-state index in [0.717, 1.165) is 25.8 Å². The molecule has 1 atom stereocenters. The number of rotatable bonds is 6. The number of methoxy groups -OCH3 is 2. The van der Waals surface area contributed by atoms with Crippen LogP contribution in [0.3, 0.4) is 0 Å². The number of thioether (sulfide) groups is 1. The molecule has 1 fully saturated rings. The van der Waals surface area contributed by atoms with Crippen LogP contribution in [0.4, 0.5) is 0 Å². The van der Waals surface area contributed by atoms with E-state index in [4.69, 9.17) is 14.5 Å². The Morgan fingerprint density at radius 2 is 1.91 bits per heavy atom. The molecular weight excluding hydrogens is 426 g/mol. The zero-order valence-electron chi connectivity index (χ0n) is 18.5. The van der Waals surface area contributed by atoms with E-state index in [2.05, 4.69) is 6.92 Å². The van der Waals surface area contributed by atoms with Gasteiger partial charge in [0.2, 0.25) is 5.91 Å². The van der Waals surface area contributed by atoms with E-state index in [-0.39, 0.29) is 23.3 Å². The fourth-order valence-electron chi connectivity index (χ4n) is 4.08. The van der Waals surface area contributed by atoms with E-state index in [0.29, 0.717) is 33.2 Å². The smallest absolute Gasteiger partial charge is 0.266 e. The second-order valence-corrected chi connectivity index (χ2v) is 8.75. The largest absolute Gasteiger partial charge is 0.493 e. The minimum absolute atomic E-state index is 0.0727. The van der Waals surface area contributed by atoms with Crippen molar-refractivity contribution >= 4 is 28.6 Å². The molecule has 1 unspecified atom stereocenters. The molecule has 1 aliphatic rings. The number of nitrogens with zero attached hydrogens (tertiary/aromatic N) is 3. The third-order valence-electron chi connectivity index (χ3n) is 5.82. The van der Waals surface area contributed by atoms with Gasteiger partial charge in [-0.05, 0) is 50.5 Å². The summed E-state index contributed by atoms with van der Waals surface area (Å²) in [4.78, 5) is 33.0. The molecule has 0 radical (unpaired) electrons. The number of carbonyl (C=O) groups excluding carboxylic acids is 1. The van der Waals surface area contributed by atoms with Crippen molar-refractivity contribution in [2.75, 3.05) is 26.5 Å². The number of piperidine rings is 1. The first-order chi connectivity index (χ1) is 15.5. The Hall–Kier alpha value is -3.00. The molecule has 2 heterocycles. The number of fused-ring (bicyclic) bond motifs is 1. The Labute approximate surface area is 191 Å². The monoisotopic (exact) mass is 453 g/mol. The second kappa shape index (κ2) is 9.65. The van der Waals surface area contributed by atoms with Crippen LogP contribution in [0.5, 0.6) is 11.5 Å². The van der Waals surface area contributed by atoms with Gasteiger partial charge in [-0.15, -0.1) is 0 Å². The summed E-state index contributed by atoms with van der Waals surface area (Å²) < 4.78 is 12.3. The standard InChI is InChI=1S/C24H27N3O4S/c1-16-8-6-7-13-26(16)22(28)15-32-24-25-19-10-5-4-9-18(19)23(29)27(24)17-11-12-20(30-2)21(14-17)31-3/h4-5,9-12,14,16H,6-8,13,15H2,1-3H3. The summed E-state index contributed by atoms with van der Waals surface area (Å²) >= 11 is 1.29. The molecule has 0 N–H and O–H groups in total. The number of para-hydroxylation sites is 1. The van der Waals surface area contributed by atoms with Gasteiger partial charge in [-0.3, -0.25) is 14.2 Å². The van der Waals surface area contributed by atoms with Crippen LogP contribution in [-0.4, -0.2) is 52.9 Å². The predicted octanol–water partition coefficient (Wildman–Crippen LogP) is 3.90. The summed E-state index contributed by atoms with van der Waals surface area (Å²) in [5, 5.41) is 0.988. The molecule has 0 spiro atoms. The van der Waals surface area contributed by atoms with E-state index in [1.54, 1.807) is 43.1 Å². The van der Waals surface area contributed by atoms with Crippen LogP contribution in [-0.2, 0) is 4.79 Å². The third-order valence-corrected chi connectivity index (χ3v) is 6.74. The lowest BCUT2D eigenvalue weighted by atomic mass is 10.0. The van der Waals surface area contributed by atoms with E-state index < -0.39 is 0 Å². The minimum Gasteiger partial charge on any atom is -0.493 e. The van der Waals surface area contributed by atoms with Crippen LogP contribution in [0.15, 0.2) is 52.4 Å². The van der Waals surface area contributed by atoms with Crippen LogP contribution in [0.2, 0.25) is 0 Å². The summed E-state index contributed by atoms with van der Waals surface area (Å²) in [6.45, 7) is 2.88. The Morgan fingerprint density at radius 3 is 2.66 bits per heavy atom. The number of aromatic nitrogens is 2. The summed E-state index contributed by atoms with van der Waals surface area (Å²) in [6.07, 6.45) is 3.22. The fourth-order valence-corrected chi connectivity index (χ4v) is 4.98. The Balaban J connectivity index is 1.74. The predicted molar refractivity (Wildman–Crippen MR) is 126 cm³/mol. The summed E-state index contributed by atoms with van der Waals surface area (Å²) in [5.74, 6) is 1.38. The highest BCUT2D eigenvalue weighted by Gasteiger charge is 2.24. The van der Waals surface area contributed by atoms with Crippen molar-refractivity contribution < 1.29 is 14.3 Å². The number of hydrogen-bond donors (Lipinski definition) is 0. The van der Waals surface area contributed by atoms with Gasteiger partial charge in [0.15, 0.2) is 16.7 Å². The highest BCUT2D eigenvalue weighted by Crippen LogP contribution is 2.31. The van der Waals surface area contributed by atoms with Crippen LogP contribution < -0.4 is 15.0 Å². The van der Waals surface area contributed by atoms with Gasteiger partial charge in [-0.1, -0.05) is 23.9 Å². The van der Waals surface area contributed by atoms with Gasteiger partial charge >= 0.3 is 0 Å². The normalized spacial score (nSPS) is 16.2. The fraction of sp³-hybridized carbons (Fsp3) is 0.375. The molecule has 2 aromatic carbocycles. The number of likely N-dealkylation sites (tertiary alicyclic amines) is 1. The van der Waals surface area contributed by atoms with E-state index in [1.165, 1.54) is 11.8 Å². The Kier molecular flexibility index (Phi) is 6.69. The molecule has 0 bridgehead atoms. The summed E-state index contributed by atoms with van der Waals surface area (Å²) in [6, 6.07) is 12.8. The van der Waals surface area contributed by atoms with Gasteiger partial charge in [0.1, 0.15) is 0 Å². The van der Waals surface area contributed by atoms with E-state index in [9.17, 15) is 9.59 Å². The first-order valence-corrected chi connectivity index (χ1v) is 11.7. The van der Waals surface area contributed by atoms with Crippen molar-refractivity contribution in [2.45, 2.75) is 37.4 Å². The minimum atomic E-state index is -0.191. The number of amides is 1. The molecule has 1 aliphatic heterocycles. The van der Waals surface area contributed by atoms with Crippen molar-refractivity contribution in [1.82, 2.24) is 14.5 Å². The number of benzene rings is 2. The zero-order valence-corrected chi connectivity index (χ0v) is 19.4. The second-order valence-electron chi connectivity index (χ2n) is 7.81. The molecule has 0 saturated carbocycles. The van der Waals surface area contributed by atoms with Crippen molar-refractivity contribution in [2.24, 2.45) is 0 Å². The molecule has 32 heavy (non-hydrogen) atoms. The average Bonchev–Trinajstić information content (AvgIpc) is 2.82. The average molecular weight is 454 g/mol. The lowest BCUT2D eigenvalue weighted by Crippen LogP contribution is -2.43. The topological polar surface area (TPSA) is 73.7 Å². The molecule has 1 aromatic heterocycles. The molecule has 3 aromatic rings. The van der Waals surface area contributed by atoms with Gasteiger partial charge in [-0.25, -0.2) is 4.98 Å². The van der Waals surface area contributed by atoms with Gasteiger partial charge in [0.25, 0.3) is 5.56 Å². The molecule has 1 saturated heterocycles. The maximum atomic E-state index is 13.4. The number of carbonyl (C=O) groups is 1. The molecule has 7 nitrogen and oxygen atoms in total. The maximum Gasteiger partial charge on any atom is 0.266 e. The van der Waals surface area contributed by atoms with Gasteiger partial charge in [-0.2, -0.15) is 0 Å². The molecule has 4 rings (SSSR count). The zero-order chi connectivity index (χ0) is 22.7. The van der Waals surface area contributed by atoms with Crippen molar-refractivity contribution in [1.29, 1.82) is 0 Å². The first-order valence-electron chi connectivity index (χ1n) is 10.7. The van der Waals surface area contributed by atoms with Crippen LogP contribution in [0, 0.1) is 0 Å². The Bertz CT molecular complexity index is 1190. The highest BCUT2D eigenvalue weighted by molar-refractivity contribution is 7.99. The lowest BCUT2D eigenvalue weighted by Gasteiger charge is -2.33. The number of ether oxygens (including phenoxy) is 2. The molecule has 8 heteroatoms. The molecule has 168 valence electrons.